The second-order valence-electron chi connectivity index (χ2n) is 5.43. The molecule has 1 heterocycles. The monoisotopic (exact) mass is 255 g/mol. The van der Waals surface area contributed by atoms with E-state index in [4.69, 9.17) is 0 Å². The Morgan fingerprint density at radius 1 is 1.00 bits per heavy atom. The summed E-state index contributed by atoms with van der Waals surface area (Å²) in [6.45, 7) is 1.94. The maximum absolute atomic E-state index is 13.0. The molecule has 2 fully saturated rings. The second kappa shape index (κ2) is 4.26. The molecule has 1 aliphatic carbocycles. The minimum Gasteiger partial charge on any atom is -0.316 e. The molecule has 1 saturated carbocycles. The fourth-order valence-corrected chi connectivity index (χ4v) is 3.53. The first-order valence-corrected chi connectivity index (χ1v) is 6.42. The van der Waals surface area contributed by atoms with Crippen LogP contribution in [0.2, 0.25) is 0 Å². The van der Waals surface area contributed by atoms with Crippen molar-refractivity contribution < 1.29 is 13.2 Å². The Hall–Kier alpha value is -1.03. The predicted molar refractivity (Wildman–Crippen MR) is 63.3 cm³/mol. The van der Waals surface area contributed by atoms with Crippen LogP contribution in [0.1, 0.15) is 29.9 Å². The van der Waals surface area contributed by atoms with E-state index in [1.54, 1.807) is 12.1 Å². The van der Waals surface area contributed by atoms with E-state index >= 15 is 0 Å². The van der Waals surface area contributed by atoms with Crippen LogP contribution in [0.15, 0.2) is 24.3 Å². The summed E-state index contributed by atoms with van der Waals surface area (Å²) in [6, 6.07) is 6.06. The van der Waals surface area contributed by atoms with Gasteiger partial charge in [0.15, 0.2) is 0 Å². The molecule has 0 aromatic heterocycles. The zero-order valence-corrected chi connectivity index (χ0v) is 10.0. The number of halogens is 3. The molecule has 3 rings (SSSR count). The van der Waals surface area contributed by atoms with Gasteiger partial charge in [0.2, 0.25) is 0 Å². The number of hydrogen-bond donors (Lipinski definition) is 1. The van der Waals surface area contributed by atoms with E-state index in [9.17, 15) is 13.2 Å². The topological polar surface area (TPSA) is 12.0 Å². The lowest BCUT2D eigenvalue weighted by atomic mass is 9.91. The molecule has 1 aromatic rings. The van der Waals surface area contributed by atoms with Gasteiger partial charge in [-0.05, 0) is 55.3 Å². The van der Waals surface area contributed by atoms with Crippen molar-refractivity contribution in [1.29, 1.82) is 0 Å². The van der Waals surface area contributed by atoms with Crippen LogP contribution < -0.4 is 5.32 Å². The molecular formula is C14H16F3N. The van der Waals surface area contributed by atoms with E-state index in [-0.39, 0.29) is 5.92 Å². The Kier molecular flexibility index (Phi) is 2.85. The molecule has 1 aromatic carbocycles. The Labute approximate surface area is 104 Å². The summed E-state index contributed by atoms with van der Waals surface area (Å²) in [7, 11) is 0. The van der Waals surface area contributed by atoms with Gasteiger partial charge in [-0.1, -0.05) is 18.2 Å². The third-order valence-corrected chi connectivity index (χ3v) is 4.36. The fourth-order valence-electron chi connectivity index (χ4n) is 3.53. The summed E-state index contributed by atoms with van der Waals surface area (Å²) in [5, 5.41) is 3.32. The van der Waals surface area contributed by atoms with Crippen LogP contribution in [0, 0.1) is 11.8 Å². The number of benzene rings is 1. The molecular weight excluding hydrogens is 239 g/mol. The number of rotatable bonds is 1. The standard InChI is InChI=1S/C14H16F3N/c15-14(16,17)13-4-2-1-3-12(13)9-5-10-7-18-8-11(10)6-9/h1-4,9-11,18H,5-8H2/t10-,11-/m0/s1. The van der Waals surface area contributed by atoms with Crippen molar-refractivity contribution in [2.24, 2.45) is 11.8 Å². The minimum absolute atomic E-state index is 0.0833. The van der Waals surface area contributed by atoms with Crippen molar-refractivity contribution in [2.45, 2.75) is 24.9 Å². The highest BCUT2D eigenvalue weighted by molar-refractivity contribution is 5.33. The van der Waals surface area contributed by atoms with Crippen molar-refractivity contribution in [2.75, 3.05) is 13.1 Å². The van der Waals surface area contributed by atoms with Crippen LogP contribution in [0.4, 0.5) is 13.2 Å². The molecule has 1 aliphatic heterocycles. The first kappa shape index (κ1) is 12.0. The third kappa shape index (κ3) is 2.03. The highest BCUT2D eigenvalue weighted by Gasteiger charge is 2.41. The van der Waals surface area contributed by atoms with Gasteiger partial charge in [0.05, 0.1) is 5.56 Å². The Bertz CT molecular complexity index is 429. The average molecular weight is 255 g/mol. The van der Waals surface area contributed by atoms with Crippen LogP contribution in [0.25, 0.3) is 0 Å². The number of nitrogens with one attached hydrogen (secondary N) is 1. The third-order valence-electron chi connectivity index (χ3n) is 4.36. The van der Waals surface area contributed by atoms with E-state index in [0.29, 0.717) is 17.4 Å². The molecule has 0 spiro atoms. The maximum atomic E-state index is 13.0. The lowest BCUT2D eigenvalue weighted by Gasteiger charge is -2.18. The largest absolute Gasteiger partial charge is 0.416 e. The molecule has 4 heteroatoms. The van der Waals surface area contributed by atoms with Gasteiger partial charge < -0.3 is 5.32 Å². The van der Waals surface area contributed by atoms with Gasteiger partial charge in [0, 0.05) is 0 Å². The lowest BCUT2D eigenvalue weighted by Crippen LogP contribution is -2.14. The van der Waals surface area contributed by atoms with E-state index in [2.05, 4.69) is 5.32 Å². The molecule has 2 atom stereocenters. The number of hydrogen-bond acceptors (Lipinski definition) is 1. The summed E-state index contributed by atoms with van der Waals surface area (Å²) in [4.78, 5) is 0. The van der Waals surface area contributed by atoms with Crippen molar-refractivity contribution >= 4 is 0 Å². The summed E-state index contributed by atoms with van der Waals surface area (Å²) in [6.07, 6.45) is -2.44. The quantitative estimate of drug-likeness (QED) is 0.810. The van der Waals surface area contributed by atoms with E-state index < -0.39 is 11.7 Å². The van der Waals surface area contributed by atoms with Gasteiger partial charge in [-0.2, -0.15) is 13.2 Å². The van der Waals surface area contributed by atoms with Gasteiger partial charge in [0.25, 0.3) is 0 Å². The van der Waals surface area contributed by atoms with E-state index in [0.717, 1.165) is 25.9 Å². The summed E-state index contributed by atoms with van der Waals surface area (Å²) < 4.78 is 38.9. The molecule has 0 amide bonds. The molecule has 0 radical (unpaired) electrons. The zero-order valence-electron chi connectivity index (χ0n) is 10.0. The first-order chi connectivity index (χ1) is 8.55. The van der Waals surface area contributed by atoms with Crippen LogP contribution in [0.3, 0.4) is 0 Å². The molecule has 18 heavy (non-hydrogen) atoms. The summed E-state index contributed by atoms with van der Waals surface area (Å²) in [5.74, 6) is 1.22. The summed E-state index contributed by atoms with van der Waals surface area (Å²) in [5.41, 5.74) is 0.0577. The molecule has 1 saturated heterocycles. The molecule has 98 valence electrons. The van der Waals surface area contributed by atoms with Gasteiger partial charge in [-0.3, -0.25) is 0 Å². The Balaban J connectivity index is 1.89. The minimum atomic E-state index is -4.23. The van der Waals surface area contributed by atoms with E-state index in [1.807, 2.05) is 0 Å². The zero-order chi connectivity index (χ0) is 12.8. The van der Waals surface area contributed by atoms with Crippen molar-refractivity contribution in [3.63, 3.8) is 0 Å². The smallest absolute Gasteiger partial charge is 0.316 e. The normalized spacial score (nSPS) is 28.6. The van der Waals surface area contributed by atoms with Gasteiger partial charge in [-0.15, -0.1) is 0 Å². The molecule has 2 aliphatic rings. The van der Waals surface area contributed by atoms with Gasteiger partial charge in [-0.25, -0.2) is 0 Å². The van der Waals surface area contributed by atoms with E-state index in [1.165, 1.54) is 12.1 Å². The van der Waals surface area contributed by atoms with Crippen molar-refractivity contribution in [3.8, 4) is 0 Å². The van der Waals surface area contributed by atoms with Crippen molar-refractivity contribution in [3.05, 3.63) is 35.4 Å². The first-order valence-electron chi connectivity index (χ1n) is 6.42. The number of fused-ring (bicyclic) bond motifs is 1. The number of alkyl halides is 3. The Morgan fingerprint density at radius 3 is 2.22 bits per heavy atom. The maximum Gasteiger partial charge on any atom is 0.416 e. The lowest BCUT2D eigenvalue weighted by molar-refractivity contribution is -0.138. The molecule has 1 nitrogen and oxygen atoms in total. The van der Waals surface area contributed by atoms with Crippen LogP contribution in [-0.2, 0) is 6.18 Å². The van der Waals surface area contributed by atoms with Crippen LogP contribution in [0.5, 0.6) is 0 Å². The molecule has 1 N–H and O–H groups in total. The molecule has 0 bridgehead atoms. The predicted octanol–water partition coefficient (Wildman–Crippen LogP) is 3.42. The second-order valence-corrected chi connectivity index (χ2v) is 5.43. The Morgan fingerprint density at radius 2 is 1.61 bits per heavy atom. The molecule has 0 unspecified atom stereocenters. The van der Waals surface area contributed by atoms with Gasteiger partial charge >= 0.3 is 6.18 Å². The summed E-state index contributed by atoms with van der Waals surface area (Å²) >= 11 is 0. The highest BCUT2D eigenvalue weighted by Crippen LogP contribution is 2.47. The van der Waals surface area contributed by atoms with Gasteiger partial charge in [0.1, 0.15) is 0 Å². The van der Waals surface area contributed by atoms with Crippen LogP contribution in [-0.4, -0.2) is 13.1 Å². The SMILES string of the molecule is FC(F)(F)c1ccccc1C1C[C@H]2CNC[C@@H]2C1. The highest BCUT2D eigenvalue weighted by atomic mass is 19.4. The fraction of sp³-hybridized carbons (Fsp3) is 0.571. The average Bonchev–Trinajstić information content (AvgIpc) is 2.87. The van der Waals surface area contributed by atoms with Crippen LogP contribution >= 0.6 is 0 Å². The van der Waals surface area contributed by atoms with Crippen molar-refractivity contribution in [1.82, 2.24) is 5.32 Å².